The Kier molecular flexibility index (Phi) is 5.76. The third-order valence-electron chi connectivity index (χ3n) is 9.10. The fourth-order valence-electron chi connectivity index (χ4n) is 7.25. The van der Waals surface area contributed by atoms with Crippen LogP contribution in [0.15, 0.2) is 158 Å². The van der Waals surface area contributed by atoms with Crippen molar-refractivity contribution in [3.05, 3.63) is 174 Å². The number of hydrazine groups is 1. The van der Waals surface area contributed by atoms with Gasteiger partial charge in [-0.25, -0.2) is 10.9 Å². The van der Waals surface area contributed by atoms with Crippen LogP contribution < -0.4 is 15.8 Å². The van der Waals surface area contributed by atoms with Gasteiger partial charge in [0, 0.05) is 27.8 Å². The van der Waals surface area contributed by atoms with Crippen molar-refractivity contribution in [3.8, 4) is 28.1 Å². The fourth-order valence-corrected chi connectivity index (χ4v) is 7.25. The summed E-state index contributed by atoms with van der Waals surface area (Å²) < 4.78 is 2.44. The highest BCUT2D eigenvalue weighted by atomic mass is 15.5. The lowest BCUT2D eigenvalue weighted by molar-refractivity contribution is 0.376. The Hall–Kier alpha value is -5.42. The molecule has 0 spiro atoms. The van der Waals surface area contributed by atoms with E-state index in [1.807, 2.05) is 0 Å². The molecule has 0 fully saturated rings. The molecule has 0 aliphatic carbocycles. The van der Waals surface area contributed by atoms with Gasteiger partial charge in [-0.05, 0) is 47.0 Å². The van der Waals surface area contributed by atoms with E-state index in [1.54, 1.807) is 0 Å². The summed E-state index contributed by atoms with van der Waals surface area (Å²) in [5, 5.41) is 1.25. The molecule has 210 valence electrons. The quantitative estimate of drug-likeness (QED) is 0.224. The molecule has 3 heterocycles. The van der Waals surface area contributed by atoms with Crippen molar-refractivity contribution >= 4 is 22.3 Å². The molecule has 2 aliphatic rings. The van der Waals surface area contributed by atoms with Crippen LogP contribution in [0.4, 0.5) is 11.4 Å². The molecule has 0 amide bonds. The molecule has 44 heavy (non-hydrogen) atoms. The lowest BCUT2D eigenvalue weighted by atomic mass is 9.91. The predicted molar refractivity (Wildman–Crippen MR) is 180 cm³/mol. The molecule has 6 aromatic carbocycles. The van der Waals surface area contributed by atoms with Crippen molar-refractivity contribution in [1.82, 2.24) is 15.4 Å². The fraction of sp³-hybridized carbons (Fsp3) is 0.0500. The summed E-state index contributed by atoms with van der Waals surface area (Å²) in [4.78, 5) is 2.49. The molecule has 0 bridgehead atoms. The Labute approximate surface area is 256 Å². The SMILES string of the molecule is c1ccc(C2NNC(N3c4ccccc4-c4c(n(-c5ccccc5)c5ccccc45)-c4ccccc43)c3ccccc32)cc1. The summed E-state index contributed by atoms with van der Waals surface area (Å²) in [7, 11) is 0. The second-order valence-electron chi connectivity index (χ2n) is 11.5. The first-order valence-electron chi connectivity index (χ1n) is 15.2. The van der Waals surface area contributed by atoms with E-state index >= 15 is 0 Å². The Morgan fingerprint density at radius 1 is 0.477 bits per heavy atom. The molecule has 2 aliphatic heterocycles. The topological polar surface area (TPSA) is 32.2 Å². The summed E-state index contributed by atoms with van der Waals surface area (Å²) in [6.07, 6.45) is -0.145. The van der Waals surface area contributed by atoms with E-state index < -0.39 is 0 Å². The van der Waals surface area contributed by atoms with Crippen LogP contribution in [0, 0.1) is 0 Å². The highest BCUT2D eigenvalue weighted by Gasteiger charge is 2.37. The number of hydrogen-bond acceptors (Lipinski definition) is 3. The third kappa shape index (κ3) is 3.72. The number of hydrogen-bond donors (Lipinski definition) is 2. The van der Waals surface area contributed by atoms with Gasteiger partial charge in [-0.2, -0.15) is 0 Å². The van der Waals surface area contributed by atoms with Crippen molar-refractivity contribution in [3.63, 3.8) is 0 Å². The molecule has 0 saturated heterocycles. The van der Waals surface area contributed by atoms with Crippen LogP contribution in [0.3, 0.4) is 0 Å². The number of fused-ring (bicyclic) bond motifs is 8. The molecule has 1 aromatic heterocycles. The van der Waals surface area contributed by atoms with E-state index in [4.69, 9.17) is 0 Å². The van der Waals surface area contributed by atoms with Gasteiger partial charge < -0.3 is 9.47 Å². The Bertz CT molecular complexity index is 2150. The van der Waals surface area contributed by atoms with E-state index in [0.29, 0.717) is 0 Å². The maximum Gasteiger partial charge on any atom is 0.123 e. The van der Waals surface area contributed by atoms with Gasteiger partial charge in [0.25, 0.3) is 0 Å². The average molecular weight is 567 g/mol. The van der Waals surface area contributed by atoms with Crippen LogP contribution in [-0.2, 0) is 0 Å². The van der Waals surface area contributed by atoms with Gasteiger partial charge in [0.2, 0.25) is 0 Å². The van der Waals surface area contributed by atoms with Crippen LogP contribution in [0.2, 0.25) is 0 Å². The monoisotopic (exact) mass is 566 g/mol. The van der Waals surface area contributed by atoms with Gasteiger partial charge in [-0.1, -0.05) is 127 Å². The first-order valence-corrected chi connectivity index (χ1v) is 15.2. The summed E-state index contributed by atoms with van der Waals surface area (Å²) >= 11 is 0. The molecule has 0 radical (unpaired) electrons. The first-order chi connectivity index (χ1) is 21.9. The highest BCUT2D eigenvalue weighted by Crippen LogP contribution is 2.54. The number of nitrogens with zero attached hydrogens (tertiary/aromatic N) is 2. The molecule has 4 nitrogen and oxygen atoms in total. The Morgan fingerprint density at radius 2 is 1.07 bits per heavy atom. The van der Waals surface area contributed by atoms with Gasteiger partial charge >= 0.3 is 0 Å². The summed E-state index contributed by atoms with van der Waals surface area (Å²) in [6, 6.07) is 56.8. The van der Waals surface area contributed by atoms with Crippen LogP contribution in [0.5, 0.6) is 0 Å². The number of benzene rings is 6. The van der Waals surface area contributed by atoms with E-state index in [-0.39, 0.29) is 12.2 Å². The van der Waals surface area contributed by atoms with Crippen LogP contribution in [-0.4, -0.2) is 4.57 Å². The van der Waals surface area contributed by atoms with Gasteiger partial charge in [0.1, 0.15) is 6.17 Å². The largest absolute Gasteiger partial charge is 0.319 e. The maximum absolute atomic E-state index is 3.77. The number of aromatic nitrogens is 1. The van der Waals surface area contributed by atoms with Crippen molar-refractivity contribution in [1.29, 1.82) is 0 Å². The standard InChI is InChI=1S/C40H30N4/c1-3-15-27(16-4-1)38-29-19-7-8-20-30(29)40(42-41-38)44-35-25-13-10-22-32(35)37-31-21-9-12-24-34(31)43(28-17-5-2-6-18-28)39(37)33-23-11-14-26-36(33)44/h1-26,38,40-42H. The number of para-hydroxylation sites is 4. The maximum atomic E-state index is 3.77. The lowest BCUT2D eigenvalue weighted by Crippen LogP contribution is -2.49. The minimum absolute atomic E-state index is 0.0460. The zero-order chi connectivity index (χ0) is 29.0. The third-order valence-corrected chi connectivity index (χ3v) is 9.10. The molecule has 0 saturated carbocycles. The minimum atomic E-state index is -0.145. The molecule has 9 rings (SSSR count). The Morgan fingerprint density at radius 3 is 1.86 bits per heavy atom. The first kappa shape index (κ1) is 25.1. The lowest BCUT2D eigenvalue weighted by Gasteiger charge is -2.41. The summed E-state index contributed by atoms with van der Waals surface area (Å²) in [5.41, 5.74) is 20.8. The molecule has 2 N–H and O–H groups in total. The minimum Gasteiger partial charge on any atom is -0.319 e. The van der Waals surface area contributed by atoms with Crippen LogP contribution in [0.1, 0.15) is 28.9 Å². The molecule has 2 atom stereocenters. The van der Waals surface area contributed by atoms with Gasteiger partial charge in [-0.3, -0.25) is 0 Å². The van der Waals surface area contributed by atoms with Crippen LogP contribution >= 0.6 is 0 Å². The second kappa shape index (κ2) is 10.1. The smallest absolute Gasteiger partial charge is 0.123 e. The highest BCUT2D eigenvalue weighted by molar-refractivity contribution is 6.11. The van der Waals surface area contributed by atoms with Crippen molar-refractivity contribution in [2.75, 3.05) is 4.90 Å². The van der Waals surface area contributed by atoms with Crippen molar-refractivity contribution in [2.45, 2.75) is 12.2 Å². The summed E-state index contributed by atoms with van der Waals surface area (Å²) in [5.74, 6) is 0. The van der Waals surface area contributed by atoms with Crippen molar-refractivity contribution in [2.24, 2.45) is 0 Å². The van der Waals surface area contributed by atoms with Crippen LogP contribution in [0.25, 0.3) is 39.0 Å². The normalized spacial score (nSPS) is 16.9. The predicted octanol–water partition coefficient (Wildman–Crippen LogP) is 9.31. The summed E-state index contributed by atoms with van der Waals surface area (Å²) in [6.45, 7) is 0. The van der Waals surface area contributed by atoms with Crippen molar-refractivity contribution < 1.29 is 0 Å². The second-order valence-corrected chi connectivity index (χ2v) is 11.5. The average Bonchev–Trinajstić information content (AvgIpc) is 3.38. The van der Waals surface area contributed by atoms with E-state index in [2.05, 4.69) is 178 Å². The number of nitrogens with one attached hydrogen (secondary N) is 2. The number of anilines is 2. The molecular formula is C40H30N4. The van der Waals surface area contributed by atoms with E-state index in [9.17, 15) is 0 Å². The zero-order valence-electron chi connectivity index (χ0n) is 24.1. The van der Waals surface area contributed by atoms with E-state index in [0.717, 1.165) is 11.4 Å². The number of rotatable bonds is 3. The molecule has 2 unspecified atom stereocenters. The van der Waals surface area contributed by atoms with Gasteiger partial charge in [0.05, 0.1) is 28.6 Å². The molecular weight excluding hydrogens is 536 g/mol. The van der Waals surface area contributed by atoms with E-state index in [1.165, 1.54) is 55.7 Å². The Balaban J connectivity index is 1.33. The van der Waals surface area contributed by atoms with Gasteiger partial charge in [0.15, 0.2) is 0 Å². The van der Waals surface area contributed by atoms with Gasteiger partial charge in [-0.15, -0.1) is 0 Å². The molecule has 7 aromatic rings. The molecule has 4 heteroatoms. The zero-order valence-corrected chi connectivity index (χ0v) is 24.1.